The molecular formula is C24H19ClN4O3S. The normalized spacial score (nSPS) is 15.1. The van der Waals surface area contributed by atoms with Crippen molar-refractivity contribution in [2.45, 2.75) is 13.8 Å². The molecule has 1 saturated heterocycles. The Labute approximate surface area is 200 Å². The van der Waals surface area contributed by atoms with E-state index in [0.29, 0.717) is 27.5 Å². The van der Waals surface area contributed by atoms with E-state index in [9.17, 15) is 14.4 Å². The molecule has 0 atom stereocenters. The summed E-state index contributed by atoms with van der Waals surface area (Å²) in [6.07, 6.45) is 1.50. The summed E-state index contributed by atoms with van der Waals surface area (Å²) in [6, 6.07) is 17.2. The maximum absolute atomic E-state index is 13.2. The van der Waals surface area contributed by atoms with Crippen LogP contribution >= 0.6 is 23.8 Å². The first-order valence-electron chi connectivity index (χ1n) is 9.98. The summed E-state index contributed by atoms with van der Waals surface area (Å²) in [6.45, 7) is 3.61. The zero-order chi connectivity index (χ0) is 23.7. The van der Waals surface area contributed by atoms with E-state index in [-0.39, 0.29) is 16.6 Å². The van der Waals surface area contributed by atoms with Gasteiger partial charge in [0.15, 0.2) is 5.11 Å². The fourth-order valence-electron chi connectivity index (χ4n) is 3.50. The highest BCUT2D eigenvalue weighted by molar-refractivity contribution is 7.80. The van der Waals surface area contributed by atoms with Crippen LogP contribution in [0.25, 0.3) is 6.08 Å². The summed E-state index contributed by atoms with van der Waals surface area (Å²) in [4.78, 5) is 39.6. The van der Waals surface area contributed by atoms with E-state index in [1.807, 2.05) is 13.0 Å². The van der Waals surface area contributed by atoms with Crippen molar-refractivity contribution in [3.05, 3.63) is 93.8 Å². The Morgan fingerprint density at radius 1 is 1.06 bits per heavy atom. The summed E-state index contributed by atoms with van der Waals surface area (Å²) in [5.74, 6) is -1.42. The highest BCUT2D eigenvalue weighted by atomic mass is 35.5. The fourth-order valence-corrected chi connectivity index (χ4v) is 3.91. The summed E-state index contributed by atoms with van der Waals surface area (Å²) in [5.41, 5.74) is 5.78. The molecule has 3 aromatic rings. The molecule has 3 amide bonds. The average Bonchev–Trinajstić information content (AvgIpc) is 3.05. The number of carbonyl (C=O) groups is 3. The first-order valence-corrected chi connectivity index (χ1v) is 10.8. The first-order chi connectivity index (χ1) is 15.8. The number of aryl methyl sites for hydroxylation is 1. The lowest BCUT2D eigenvalue weighted by Crippen LogP contribution is -2.54. The quantitative estimate of drug-likeness (QED) is 0.337. The second-order valence-corrected chi connectivity index (χ2v) is 8.23. The molecule has 1 aromatic heterocycles. The second kappa shape index (κ2) is 9.01. The molecular weight excluding hydrogens is 460 g/mol. The number of hydrogen-bond acceptors (Lipinski definition) is 4. The fraction of sp³-hybridized carbons (Fsp3) is 0.0833. The monoisotopic (exact) mass is 478 g/mol. The first kappa shape index (κ1) is 22.4. The topological polar surface area (TPSA) is 83.4 Å². The minimum absolute atomic E-state index is 0.00919. The summed E-state index contributed by atoms with van der Waals surface area (Å²) >= 11 is 11.2. The molecule has 0 radical (unpaired) electrons. The van der Waals surface area contributed by atoms with E-state index < -0.39 is 11.8 Å². The van der Waals surface area contributed by atoms with E-state index in [4.69, 9.17) is 23.8 Å². The minimum atomic E-state index is -0.590. The maximum atomic E-state index is 13.2. The van der Waals surface area contributed by atoms with E-state index in [2.05, 4.69) is 10.7 Å². The molecule has 4 rings (SSSR count). The molecule has 0 aliphatic carbocycles. The SMILES string of the molecule is Cc1cc(/C=C2\C(=O)NC(=S)N(c3ccc(Cl)cc3)C2=O)c(C)n1NC(=O)c1ccccc1. The molecule has 2 heterocycles. The number of carbonyl (C=O) groups excluding carboxylic acids is 3. The Morgan fingerprint density at radius 2 is 1.73 bits per heavy atom. The third kappa shape index (κ3) is 4.44. The number of rotatable bonds is 4. The van der Waals surface area contributed by atoms with Crippen LogP contribution in [0.4, 0.5) is 5.69 Å². The Balaban J connectivity index is 1.66. The van der Waals surface area contributed by atoms with Crippen molar-refractivity contribution in [2.24, 2.45) is 0 Å². The van der Waals surface area contributed by atoms with E-state index >= 15 is 0 Å². The van der Waals surface area contributed by atoms with Gasteiger partial charge in [0.1, 0.15) is 5.57 Å². The van der Waals surface area contributed by atoms with Crippen molar-refractivity contribution in [2.75, 3.05) is 10.3 Å². The zero-order valence-electron chi connectivity index (χ0n) is 17.8. The predicted octanol–water partition coefficient (Wildman–Crippen LogP) is 3.97. The lowest BCUT2D eigenvalue weighted by molar-refractivity contribution is -0.122. The molecule has 0 unspecified atom stereocenters. The maximum Gasteiger partial charge on any atom is 0.270 e. The van der Waals surface area contributed by atoms with Gasteiger partial charge in [-0.25, -0.2) is 0 Å². The number of nitrogens with one attached hydrogen (secondary N) is 2. The number of nitrogens with zero attached hydrogens (tertiary/aromatic N) is 2. The molecule has 166 valence electrons. The van der Waals surface area contributed by atoms with Crippen LogP contribution in [0.15, 0.2) is 66.2 Å². The molecule has 2 aromatic carbocycles. The standard InChI is InChI=1S/C24H19ClN4O3S/c1-14-12-17(15(2)29(14)27-21(30)16-6-4-3-5-7-16)13-20-22(31)26-24(33)28(23(20)32)19-10-8-18(25)9-11-19/h3-13H,1-2H3,(H,27,30)(H,26,31,33)/b20-13+. The van der Waals surface area contributed by atoms with Gasteiger partial charge in [-0.15, -0.1) is 0 Å². The van der Waals surface area contributed by atoms with Crippen LogP contribution < -0.4 is 15.6 Å². The number of anilines is 1. The van der Waals surface area contributed by atoms with E-state index in [1.165, 1.54) is 11.0 Å². The van der Waals surface area contributed by atoms with Crippen LogP contribution in [0.2, 0.25) is 5.02 Å². The molecule has 7 nitrogen and oxygen atoms in total. The van der Waals surface area contributed by atoms with Gasteiger partial charge in [-0.3, -0.25) is 34.7 Å². The van der Waals surface area contributed by atoms with Crippen molar-refractivity contribution in [3.8, 4) is 0 Å². The van der Waals surface area contributed by atoms with E-state index in [1.54, 1.807) is 66.2 Å². The van der Waals surface area contributed by atoms with Crippen LogP contribution in [0.5, 0.6) is 0 Å². The van der Waals surface area contributed by atoms with Crippen LogP contribution in [0, 0.1) is 13.8 Å². The van der Waals surface area contributed by atoms with E-state index in [0.717, 1.165) is 5.69 Å². The number of aromatic nitrogens is 1. The Bertz CT molecular complexity index is 1310. The van der Waals surface area contributed by atoms with Crippen molar-refractivity contribution >= 4 is 58.4 Å². The van der Waals surface area contributed by atoms with Crippen LogP contribution in [0.1, 0.15) is 27.3 Å². The van der Waals surface area contributed by atoms with Gasteiger partial charge in [0, 0.05) is 22.0 Å². The van der Waals surface area contributed by atoms with Gasteiger partial charge in [-0.05, 0) is 80.2 Å². The number of hydrogen-bond donors (Lipinski definition) is 2. The molecule has 33 heavy (non-hydrogen) atoms. The zero-order valence-corrected chi connectivity index (χ0v) is 19.3. The van der Waals surface area contributed by atoms with Gasteiger partial charge in [-0.2, -0.15) is 0 Å². The molecule has 0 bridgehead atoms. The second-order valence-electron chi connectivity index (χ2n) is 7.40. The smallest absolute Gasteiger partial charge is 0.270 e. The number of amides is 3. The molecule has 1 aliphatic rings. The van der Waals surface area contributed by atoms with Crippen molar-refractivity contribution in [1.29, 1.82) is 0 Å². The molecule has 2 N–H and O–H groups in total. The summed E-state index contributed by atoms with van der Waals surface area (Å²) in [5, 5.41) is 3.06. The van der Waals surface area contributed by atoms with Crippen molar-refractivity contribution < 1.29 is 14.4 Å². The minimum Gasteiger partial charge on any atom is -0.298 e. The summed E-state index contributed by atoms with van der Waals surface area (Å²) < 4.78 is 1.62. The number of halogens is 1. The van der Waals surface area contributed by atoms with Crippen LogP contribution in [-0.2, 0) is 9.59 Å². The number of benzene rings is 2. The van der Waals surface area contributed by atoms with Gasteiger partial charge < -0.3 is 0 Å². The molecule has 9 heteroatoms. The van der Waals surface area contributed by atoms with Crippen molar-refractivity contribution in [1.82, 2.24) is 9.99 Å². The Hall–Kier alpha value is -3.75. The molecule has 0 saturated carbocycles. The highest BCUT2D eigenvalue weighted by Gasteiger charge is 2.34. The average molecular weight is 479 g/mol. The lowest BCUT2D eigenvalue weighted by Gasteiger charge is -2.28. The van der Waals surface area contributed by atoms with Crippen molar-refractivity contribution in [3.63, 3.8) is 0 Å². The Kier molecular flexibility index (Phi) is 6.13. The van der Waals surface area contributed by atoms with Gasteiger partial charge in [0.25, 0.3) is 17.7 Å². The Morgan fingerprint density at radius 3 is 2.39 bits per heavy atom. The van der Waals surface area contributed by atoms with Gasteiger partial charge in [-0.1, -0.05) is 29.8 Å². The van der Waals surface area contributed by atoms with Gasteiger partial charge in [0.05, 0.1) is 5.69 Å². The predicted molar refractivity (Wildman–Crippen MR) is 132 cm³/mol. The molecule has 0 spiro atoms. The third-order valence-corrected chi connectivity index (χ3v) is 5.74. The van der Waals surface area contributed by atoms with Crippen LogP contribution in [0.3, 0.4) is 0 Å². The third-order valence-electron chi connectivity index (χ3n) is 5.21. The van der Waals surface area contributed by atoms with Gasteiger partial charge in [0.2, 0.25) is 0 Å². The van der Waals surface area contributed by atoms with Gasteiger partial charge >= 0.3 is 0 Å². The summed E-state index contributed by atoms with van der Waals surface area (Å²) in [7, 11) is 0. The van der Waals surface area contributed by atoms with Crippen LogP contribution in [-0.4, -0.2) is 27.5 Å². The molecule has 1 aliphatic heterocycles. The largest absolute Gasteiger partial charge is 0.298 e. The number of thiocarbonyl (C=S) groups is 1. The highest BCUT2D eigenvalue weighted by Crippen LogP contribution is 2.25. The molecule has 1 fully saturated rings. The lowest BCUT2D eigenvalue weighted by atomic mass is 10.1.